The Kier molecular flexibility index (Phi) is 7.31. The molecule has 0 aromatic carbocycles. The largest absolute Gasteiger partial charge is 0.0654 e. The number of unbranched alkanes of at least 4 members (excludes halogenated alkanes) is 3. The minimum atomic E-state index is 0.449. The second-order valence-corrected chi connectivity index (χ2v) is 5.28. The fourth-order valence-electron chi connectivity index (χ4n) is 1.88. The third-order valence-electron chi connectivity index (χ3n) is 3.44. The molecule has 0 aliphatic rings. The molecule has 0 amide bonds. The molecule has 0 nitrogen and oxygen atoms in total. The summed E-state index contributed by atoms with van der Waals surface area (Å²) in [4.78, 5) is 0. The Bertz CT molecular complexity index is 124. The van der Waals surface area contributed by atoms with Gasteiger partial charge in [-0.1, -0.05) is 59.8 Å². The summed E-state index contributed by atoms with van der Waals surface area (Å²) in [6.45, 7) is 13.6. The summed E-state index contributed by atoms with van der Waals surface area (Å²) in [6.07, 6.45) is 9.37. The Balaban J connectivity index is 3.77. The van der Waals surface area contributed by atoms with Gasteiger partial charge < -0.3 is 0 Å². The normalized spacial score (nSPS) is 14.4. The zero-order chi connectivity index (χ0) is 11.0. The van der Waals surface area contributed by atoms with Gasteiger partial charge in [0.15, 0.2) is 0 Å². The Morgan fingerprint density at radius 3 is 2.07 bits per heavy atom. The van der Waals surface area contributed by atoms with E-state index in [1.807, 2.05) is 0 Å². The lowest BCUT2D eigenvalue weighted by atomic mass is 9.74. The lowest BCUT2D eigenvalue weighted by Crippen LogP contribution is -2.21. The van der Waals surface area contributed by atoms with E-state index in [2.05, 4.69) is 34.6 Å². The van der Waals surface area contributed by atoms with E-state index in [9.17, 15) is 0 Å². The SMILES string of the molecule is [CH2]C(CCCC)C(C)(C)CCCCC. The second-order valence-electron chi connectivity index (χ2n) is 5.28. The van der Waals surface area contributed by atoms with Gasteiger partial charge in [-0.25, -0.2) is 0 Å². The monoisotopic (exact) mass is 197 g/mol. The smallest absolute Gasteiger partial charge is 0.0326 e. The number of hydrogen-bond donors (Lipinski definition) is 0. The van der Waals surface area contributed by atoms with Crippen LogP contribution in [0.5, 0.6) is 0 Å². The van der Waals surface area contributed by atoms with Crippen LogP contribution in [0.2, 0.25) is 0 Å². The summed E-state index contributed by atoms with van der Waals surface area (Å²) in [7, 11) is 0. The maximum atomic E-state index is 4.33. The van der Waals surface area contributed by atoms with Crippen LogP contribution in [-0.4, -0.2) is 0 Å². The first-order chi connectivity index (χ1) is 6.54. The van der Waals surface area contributed by atoms with Crippen molar-refractivity contribution in [2.45, 2.75) is 72.6 Å². The first kappa shape index (κ1) is 14.0. The zero-order valence-corrected chi connectivity index (χ0v) is 10.7. The van der Waals surface area contributed by atoms with Crippen LogP contribution in [0.3, 0.4) is 0 Å². The molecule has 0 saturated heterocycles. The van der Waals surface area contributed by atoms with E-state index >= 15 is 0 Å². The van der Waals surface area contributed by atoms with Crippen LogP contribution < -0.4 is 0 Å². The Labute approximate surface area is 91.5 Å². The lowest BCUT2D eigenvalue weighted by molar-refractivity contribution is 0.213. The third kappa shape index (κ3) is 5.67. The van der Waals surface area contributed by atoms with Crippen molar-refractivity contribution in [2.75, 3.05) is 0 Å². The highest BCUT2D eigenvalue weighted by molar-refractivity contribution is 4.79. The topological polar surface area (TPSA) is 0 Å². The van der Waals surface area contributed by atoms with Crippen molar-refractivity contribution in [3.8, 4) is 0 Å². The van der Waals surface area contributed by atoms with Crippen molar-refractivity contribution < 1.29 is 0 Å². The molecule has 1 unspecified atom stereocenters. The van der Waals surface area contributed by atoms with Gasteiger partial charge in [-0.15, -0.1) is 0 Å². The molecule has 0 aliphatic heterocycles. The molecule has 0 fully saturated rings. The highest BCUT2D eigenvalue weighted by Gasteiger charge is 2.24. The van der Waals surface area contributed by atoms with E-state index in [-0.39, 0.29) is 0 Å². The Morgan fingerprint density at radius 2 is 1.57 bits per heavy atom. The highest BCUT2D eigenvalue weighted by Crippen LogP contribution is 2.35. The molecule has 0 saturated carbocycles. The summed E-state index contributed by atoms with van der Waals surface area (Å²) < 4.78 is 0. The highest BCUT2D eigenvalue weighted by atomic mass is 14.3. The minimum absolute atomic E-state index is 0.449. The van der Waals surface area contributed by atoms with E-state index in [1.165, 1.54) is 44.9 Å². The van der Waals surface area contributed by atoms with Crippen LogP contribution in [0, 0.1) is 18.3 Å². The molecular weight excluding hydrogens is 168 g/mol. The average Bonchev–Trinajstić information content (AvgIpc) is 2.14. The van der Waals surface area contributed by atoms with Crippen molar-refractivity contribution in [1.82, 2.24) is 0 Å². The third-order valence-corrected chi connectivity index (χ3v) is 3.44. The number of hydrogen-bond acceptors (Lipinski definition) is 0. The maximum Gasteiger partial charge on any atom is -0.0326 e. The molecule has 1 atom stereocenters. The van der Waals surface area contributed by atoms with Gasteiger partial charge in [0.05, 0.1) is 0 Å². The molecule has 0 aromatic heterocycles. The standard InChI is InChI=1S/C14H29/c1-6-8-10-12-14(4,5)13(3)11-9-7-2/h13H,3,6-12H2,1-2,4-5H3. The van der Waals surface area contributed by atoms with Crippen LogP contribution >= 0.6 is 0 Å². The van der Waals surface area contributed by atoms with Crippen LogP contribution in [0.25, 0.3) is 0 Å². The summed E-state index contributed by atoms with van der Waals surface area (Å²) in [5.41, 5.74) is 0.449. The molecular formula is C14H29. The van der Waals surface area contributed by atoms with Gasteiger partial charge in [0.1, 0.15) is 0 Å². The summed E-state index contributed by atoms with van der Waals surface area (Å²) >= 11 is 0. The predicted molar refractivity (Wildman–Crippen MR) is 66.3 cm³/mol. The molecule has 85 valence electrons. The second kappa shape index (κ2) is 7.31. The van der Waals surface area contributed by atoms with Gasteiger partial charge in [-0.3, -0.25) is 0 Å². The van der Waals surface area contributed by atoms with Gasteiger partial charge in [-0.05, 0) is 31.1 Å². The summed E-state index contributed by atoms with van der Waals surface area (Å²) in [5.74, 6) is 0.638. The number of rotatable bonds is 8. The molecule has 0 aromatic rings. The van der Waals surface area contributed by atoms with Crippen molar-refractivity contribution >= 4 is 0 Å². The molecule has 0 rings (SSSR count). The van der Waals surface area contributed by atoms with E-state index < -0.39 is 0 Å². The van der Waals surface area contributed by atoms with Crippen LogP contribution in [0.15, 0.2) is 0 Å². The van der Waals surface area contributed by atoms with E-state index in [0.717, 1.165) is 0 Å². The Hall–Kier alpha value is 0. The molecule has 0 aliphatic carbocycles. The van der Waals surface area contributed by atoms with Crippen molar-refractivity contribution in [1.29, 1.82) is 0 Å². The quantitative estimate of drug-likeness (QED) is 0.467. The molecule has 0 N–H and O–H groups in total. The van der Waals surface area contributed by atoms with Crippen molar-refractivity contribution in [3.05, 3.63) is 6.92 Å². The van der Waals surface area contributed by atoms with Crippen LogP contribution in [0.1, 0.15) is 72.6 Å². The van der Waals surface area contributed by atoms with E-state index in [4.69, 9.17) is 0 Å². The average molecular weight is 197 g/mol. The van der Waals surface area contributed by atoms with E-state index in [0.29, 0.717) is 11.3 Å². The minimum Gasteiger partial charge on any atom is -0.0654 e. The molecule has 0 spiro atoms. The van der Waals surface area contributed by atoms with Gasteiger partial charge >= 0.3 is 0 Å². The van der Waals surface area contributed by atoms with Gasteiger partial charge in [0.25, 0.3) is 0 Å². The lowest BCUT2D eigenvalue weighted by Gasteiger charge is -2.32. The van der Waals surface area contributed by atoms with Gasteiger partial charge in [-0.2, -0.15) is 0 Å². The van der Waals surface area contributed by atoms with Gasteiger partial charge in [0.2, 0.25) is 0 Å². The van der Waals surface area contributed by atoms with Gasteiger partial charge in [0, 0.05) is 0 Å². The van der Waals surface area contributed by atoms with Crippen LogP contribution in [0.4, 0.5) is 0 Å². The van der Waals surface area contributed by atoms with Crippen molar-refractivity contribution in [3.63, 3.8) is 0 Å². The molecule has 14 heavy (non-hydrogen) atoms. The zero-order valence-electron chi connectivity index (χ0n) is 10.7. The Morgan fingerprint density at radius 1 is 1.00 bits per heavy atom. The van der Waals surface area contributed by atoms with E-state index in [1.54, 1.807) is 0 Å². The van der Waals surface area contributed by atoms with Crippen molar-refractivity contribution in [2.24, 2.45) is 11.3 Å². The molecule has 0 bridgehead atoms. The first-order valence-corrected chi connectivity index (χ1v) is 6.37. The molecule has 1 radical (unpaired) electrons. The molecule has 0 heterocycles. The fourth-order valence-corrected chi connectivity index (χ4v) is 1.88. The maximum absolute atomic E-state index is 4.33. The summed E-state index contributed by atoms with van der Waals surface area (Å²) in [6, 6.07) is 0. The fraction of sp³-hybridized carbons (Fsp3) is 0.929. The first-order valence-electron chi connectivity index (χ1n) is 6.37. The summed E-state index contributed by atoms with van der Waals surface area (Å²) in [5, 5.41) is 0. The van der Waals surface area contributed by atoms with Crippen LogP contribution in [-0.2, 0) is 0 Å². The molecule has 0 heteroatoms. The predicted octanol–water partition coefficient (Wildman–Crippen LogP) is 5.23.